The van der Waals surface area contributed by atoms with E-state index in [4.69, 9.17) is 4.74 Å². The third-order valence-electron chi connectivity index (χ3n) is 7.62. The van der Waals surface area contributed by atoms with E-state index in [1.54, 1.807) is 0 Å². The summed E-state index contributed by atoms with van der Waals surface area (Å²) in [7, 11) is 2.18. The first-order chi connectivity index (χ1) is 17.1. The fraction of sp³-hybridized carbons (Fsp3) is 0.324. The maximum atomic E-state index is 6.96. The van der Waals surface area contributed by atoms with Crippen LogP contribution in [0, 0.1) is 18.3 Å². The normalized spacial score (nSPS) is 13.0. The summed E-state index contributed by atoms with van der Waals surface area (Å²) in [5.74, 6) is 2.55. The van der Waals surface area contributed by atoms with Crippen LogP contribution in [0.15, 0.2) is 60.8 Å². The second-order valence-corrected chi connectivity index (χ2v) is 12.2. The van der Waals surface area contributed by atoms with Gasteiger partial charge in [-0.3, -0.25) is 0 Å². The Kier molecular flexibility index (Phi) is 5.16. The lowest BCUT2D eigenvalue weighted by Crippen LogP contribution is -2.32. The number of benzene rings is 4. The van der Waals surface area contributed by atoms with Gasteiger partial charge in [-0.15, -0.1) is 0 Å². The number of hydrogen-bond donors (Lipinski definition) is 0. The van der Waals surface area contributed by atoms with E-state index in [2.05, 4.69) is 114 Å². The highest BCUT2D eigenvalue weighted by atomic mass is 16.5. The minimum Gasteiger partial charge on any atom is -0.455 e. The van der Waals surface area contributed by atoms with Crippen LogP contribution in [0.1, 0.15) is 51.3 Å². The molecule has 0 saturated carbocycles. The average Bonchev–Trinajstić information content (AvgIpc) is 2.82. The van der Waals surface area contributed by atoms with Crippen LogP contribution < -0.4 is 9.30 Å². The van der Waals surface area contributed by atoms with Crippen molar-refractivity contribution in [3.05, 3.63) is 77.5 Å². The molecule has 182 valence electrons. The lowest BCUT2D eigenvalue weighted by Gasteiger charge is -2.27. The molecule has 0 saturated heterocycles. The van der Waals surface area contributed by atoms with E-state index in [-0.39, 0.29) is 5.41 Å². The van der Waals surface area contributed by atoms with Crippen molar-refractivity contribution in [3.8, 4) is 22.8 Å². The molecule has 36 heavy (non-hydrogen) atoms. The molecule has 0 fully saturated rings. The molecule has 0 radical (unpaired) electrons. The van der Waals surface area contributed by atoms with Gasteiger partial charge in [0.2, 0.25) is 5.69 Å². The molecule has 0 bridgehead atoms. The highest BCUT2D eigenvalue weighted by molar-refractivity contribution is 6.17. The number of hydrogen-bond acceptors (Lipinski definition) is 1. The smallest absolute Gasteiger partial charge is 0.228 e. The number of ether oxygens (including phenoxy) is 1. The predicted molar refractivity (Wildman–Crippen MR) is 152 cm³/mol. The molecule has 2 nitrogen and oxygen atoms in total. The fourth-order valence-electron chi connectivity index (χ4n) is 6.26. The standard InChI is InChI=1S/C34H36NO/c1-20(2)17-27-25-14-9-8-13-24(25)21(3)29-32-31-26(15-16-35(32)7)30-22(18-28(31)36-33(27)29)11-10-12-23(30)19-34(4,5)6/h8-16,18,20H,17,19H2,1-7H3/q+1. The molecule has 0 atom stereocenters. The van der Waals surface area contributed by atoms with Gasteiger partial charge in [0.1, 0.15) is 18.5 Å². The lowest BCUT2D eigenvalue weighted by atomic mass is 9.83. The second kappa shape index (κ2) is 8.06. The molecular formula is C34H36NO+. The Morgan fingerprint density at radius 2 is 1.64 bits per heavy atom. The Bertz CT molecular complexity index is 1680. The summed E-state index contributed by atoms with van der Waals surface area (Å²) in [6, 6.07) is 20.2. The Hall–Kier alpha value is -3.39. The van der Waals surface area contributed by atoms with Gasteiger partial charge in [-0.05, 0) is 69.8 Å². The maximum absolute atomic E-state index is 6.96. The van der Waals surface area contributed by atoms with E-state index >= 15 is 0 Å². The molecule has 0 N–H and O–H groups in total. The average molecular weight is 475 g/mol. The third kappa shape index (κ3) is 3.50. The van der Waals surface area contributed by atoms with Gasteiger partial charge < -0.3 is 4.74 Å². The number of nitrogens with zero attached hydrogens (tertiary/aromatic N) is 1. The maximum Gasteiger partial charge on any atom is 0.228 e. The third-order valence-corrected chi connectivity index (χ3v) is 7.62. The molecule has 0 amide bonds. The molecule has 5 aromatic rings. The van der Waals surface area contributed by atoms with E-state index in [0.29, 0.717) is 5.92 Å². The summed E-state index contributed by atoms with van der Waals surface area (Å²) >= 11 is 0. The van der Waals surface area contributed by atoms with E-state index in [1.807, 2.05) is 0 Å². The SMILES string of the molecule is Cc1c2c(c(CC(C)C)c3ccccc13)Oc1cc3cccc(CC(C)(C)C)c3c3cc[n+](C)c-2c13. The Labute approximate surface area is 214 Å². The number of aromatic nitrogens is 1. The zero-order valence-electron chi connectivity index (χ0n) is 22.6. The monoisotopic (exact) mass is 474 g/mol. The van der Waals surface area contributed by atoms with Crippen molar-refractivity contribution in [1.82, 2.24) is 0 Å². The molecule has 0 spiro atoms. The molecule has 2 heterocycles. The van der Waals surface area contributed by atoms with Gasteiger partial charge in [-0.1, -0.05) is 77.1 Å². The minimum absolute atomic E-state index is 0.211. The van der Waals surface area contributed by atoms with E-state index in [1.165, 1.54) is 60.3 Å². The number of pyridine rings is 1. The van der Waals surface area contributed by atoms with Gasteiger partial charge in [-0.2, -0.15) is 0 Å². The molecular weight excluding hydrogens is 438 g/mol. The number of rotatable bonds is 3. The fourth-order valence-corrected chi connectivity index (χ4v) is 6.26. The minimum atomic E-state index is 0.211. The molecule has 0 aliphatic carbocycles. The van der Waals surface area contributed by atoms with Crippen LogP contribution in [-0.4, -0.2) is 0 Å². The van der Waals surface area contributed by atoms with Crippen molar-refractivity contribution in [1.29, 1.82) is 0 Å². The zero-order chi connectivity index (χ0) is 25.4. The Morgan fingerprint density at radius 1 is 0.889 bits per heavy atom. The lowest BCUT2D eigenvalue weighted by molar-refractivity contribution is -0.659. The summed E-state index contributed by atoms with van der Waals surface area (Å²) in [5, 5.41) is 7.78. The van der Waals surface area contributed by atoms with Gasteiger partial charge in [0, 0.05) is 17.0 Å². The number of aryl methyl sites for hydroxylation is 2. The van der Waals surface area contributed by atoms with Gasteiger partial charge in [0.15, 0.2) is 6.20 Å². The summed E-state index contributed by atoms with van der Waals surface area (Å²) in [5.41, 5.74) is 6.76. The molecule has 1 aliphatic rings. The molecule has 0 unspecified atom stereocenters. The van der Waals surface area contributed by atoms with Crippen LogP contribution in [0.4, 0.5) is 0 Å². The van der Waals surface area contributed by atoms with Crippen molar-refractivity contribution in [2.24, 2.45) is 18.4 Å². The molecule has 4 aromatic carbocycles. The van der Waals surface area contributed by atoms with Gasteiger partial charge >= 0.3 is 0 Å². The zero-order valence-corrected chi connectivity index (χ0v) is 22.6. The van der Waals surface area contributed by atoms with Gasteiger partial charge in [0.05, 0.1) is 10.9 Å². The second-order valence-electron chi connectivity index (χ2n) is 12.2. The van der Waals surface area contributed by atoms with Crippen molar-refractivity contribution < 1.29 is 9.30 Å². The van der Waals surface area contributed by atoms with Crippen molar-refractivity contribution in [2.45, 2.75) is 54.4 Å². The van der Waals surface area contributed by atoms with E-state index < -0.39 is 0 Å². The van der Waals surface area contributed by atoms with Crippen molar-refractivity contribution in [2.75, 3.05) is 0 Å². The first-order valence-electron chi connectivity index (χ1n) is 13.2. The van der Waals surface area contributed by atoms with Crippen molar-refractivity contribution >= 4 is 32.3 Å². The molecule has 1 aliphatic heterocycles. The molecule has 2 heteroatoms. The topological polar surface area (TPSA) is 13.1 Å². The quantitative estimate of drug-likeness (QED) is 0.184. The molecule has 6 rings (SSSR count). The van der Waals surface area contributed by atoms with Crippen LogP contribution in [0.5, 0.6) is 11.5 Å². The van der Waals surface area contributed by atoms with Crippen LogP contribution in [-0.2, 0) is 19.9 Å². The van der Waals surface area contributed by atoms with Gasteiger partial charge in [0.25, 0.3) is 0 Å². The highest BCUT2D eigenvalue weighted by Crippen LogP contribution is 2.52. The predicted octanol–water partition coefficient (Wildman–Crippen LogP) is 8.84. The van der Waals surface area contributed by atoms with Crippen LogP contribution in [0.3, 0.4) is 0 Å². The molecule has 1 aromatic heterocycles. The van der Waals surface area contributed by atoms with Crippen LogP contribution >= 0.6 is 0 Å². The largest absolute Gasteiger partial charge is 0.455 e. The van der Waals surface area contributed by atoms with E-state index in [9.17, 15) is 0 Å². The Morgan fingerprint density at radius 3 is 2.36 bits per heavy atom. The first kappa shape index (κ1) is 23.0. The number of fused-ring (bicyclic) bond motifs is 5. The first-order valence-corrected chi connectivity index (χ1v) is 13.2. The highest BCUT2D eigenvalue weighted by Gasteiger charge is 2.33. The van der Waals surface area contributed by atoms with Crippen LogP contribution in [0.2, 0.25) is 0 Å². The summed E-state index contributed by atoms with van der Waals surface area (Å²) in [4.78, 5) is 0. The van der Waals surface area contributed by atoms with E-state index in [0.717, 1.165) is 24.3 Å². The Balaban J connectivity index is 1.77. The summed E-state index contributed by atoms with van der Waals surface area (Å²) < 4.78 is 9.26. The van der Waals surface area contributed by atoms with Crippen LogP contribution in [0.25, 0.3) is 43.6 Å². The summed E-state index contributed by atoms with van der Waals surface area (Å²) in [6.07, 6.45) is 4.26. The summed E-state index contributed by atoms with van der Waals surface area (Å²) in [6.45, 7) is 13.8. The van der Waals surface area contributed by atoms with Crippen molar-refractivity contribution in [3.63, 3.8) is 0 Å². The van der Waals surface area contributed by atoms with Gasteiger partial charge in [-0.25, -0.2) is 4.57 Å².